The Balaban J connectivity index is 1.97. The van der Waals surface area contributed by atoms with E-state index in [9.17, 15) is 4.57 Å². The fourth-order valence-electron chi connectivity index (χ4n) is 2.20. The zero-order valence-electron chi connectivity index (χ0n) is 11.0. The van der Waals surface area contributed by atoms with Crippen molar-refractivity contribution in [1.82, 2.24) is 4.67 Å². The van der Waals surface area contributed by atoms with Crippen LogP contribution in [0.2, 0.25) is 0 Å². The molecular weight excluding hydrogens is 334 g/mol. The van der Waals surface area contributed by atoms with Crippen molar-refractivity contribution < 1.29 is 13.8 Å². The van der Waals surface area contributed by atoms with Crippen molar-refractivity contribution in [1.29, 1.82) is 0 Å². The van der Waals surface area contributed by atoms with Crippen LogP contribution in [-0.2, 0) is 13.8 Å². The molecule has 2 aliphatic rings. The summed E-state index contributed by atoms with van der Waals surface area (Å²) in [4.78, 5) is 4.25. The van der Waals surface area contributed by atoms with E-state index in [0.717, 1.165) is 5.56 Å². The van der Waals surface area contributed by atoms with Crippen LogP contribution in [0.25, 0.3) is 0 Å². The first kappa shape index (κ1) is 15.1. The predicted octanol–water partition coefficient (Wildman–Crippen LogP) is 3.59. The summed E-state index contributed by atoms with van der Waals surface area (Å²) in [6, 6.07) is 9.24. The maximum Gasteiger partial charge on any atom is 0.371 e. The van der Waals surface area contributed by atoms with Gasteiger partial charge >= 0.3 is 7.52 Å². The van der Waals surface area contributed by atoms with Crippen LogP contribution in [0.15, 0.2) is 45.3 Å². The molecule has 112 valence electrons. The number of nitrogens with zero attached hydrogens (tertiary/aromatic N) is 2. The van der Waals surface area contributed by atoms with E-state index in [1.54, 1.807) is 4.67 Å². The maximum absolute atomic E-state index is 13.2. The molecule has 21 heavy (non-hydrogen) atoms. The summed E-state index contributed by atoms with van der Waals surface area (Å²) in [5.41, 5.74) is 0.835. The van der Waals surface area contributed by atoms with Crippen LogP contribution in [0, 0.1) is 0 Å². The van der Waals surface area contributed by atoms with E-state index in [4.69, 9.17) is 32.5 Å². The molecule has 3 rings (SSSR count). The Labute approximate surface area is 132 Å². The lowest BCUT2D eigenvalue weighted by atomic mass is 10.2. The van der Waals surface area contributed by atoms with E-state index < -0.39 is 7.52 Å². The van der Waals surface area contributed by atoms with Crippen molar-refractivity contribution in [2.45, 2.75) is 0 Å². The average molecular weight is 347 g/mol. The normalized spacial score (nSPS) is 26.4. The number of morpholine rings is 1. The summed E-state index contributed by atoms with van der Waals surface area (Å²) in [5, 5.41) is 0. The van der Waals surface area contributed by atoms with Gasteiger partial charge < -0.3 is 9.26 Å². The number of hydrogen-bond acceptors (Lipinski definition) is 4. The van der Waals surface area contributed by atoms with E-state index in [1.165, 1.54) is 0 Å². The number of halogens is 2. The Hall–Kier alpha value is -0.840. The van der Waals surface area contributed by atoms with Gasteiger partial charge in [-0.1, -0.05) is 41.4 Å². The Morgan fingerprint density at radius 2 is 1.86 bits per heavy atom. The van der Waals surface area contributed by atoms with Gasteiger partial charge in [0.2, 0.25) is 5.90 Å². The van der Waals surface area contributed by atoms with Gasteiger partial charge in [0.25, 0.3) is 0 Å². The second kappa shape index (κ2) is 6.11. The third kappa shape index (κ3) is 2.89. The van der Waals surface area contributed by atoms with Gasteiger partial charge in [0.1, 0.15) is 4.49 Å². The first-order valence-corrected chi connectivity index (χ1v) is 8.77. The fraction of sp³-hybridized carbons (Fsp3) is 0.308. The molecule has 0 unspecified atom stereocenters. The van der Waals surface area contributed by atoms with Gasteiger partial charge in [-0.3, -0.25) is 4.57 Å². The second-order valence-electron chi connectivity index (χ2n) is 4.54. The van der Waals surface area contributed by atoms with Crippen LogP contribution in [-0.4, -0.2) is 36.9 Å². The monoisotopic (exact) mass is 346 g/mol. The Bertz CT molecular complexity index is 638. The minimum Gasteiger partial charge on any atom is -0.409 e. The predicted molar refractivity (Wildman–Crippen MR) is 82.8 cm³/mol. The molecule has 0 aliphatic carbocycles. The number of aliphatic imine (C=N–C) groups is 1. The molecule has 1 aromatic rings. The lowest BCUT2D eigenvalue weighted by molar-refractivity contribution is 0.0689. The molecule has 0 aromatic heterocycles. The Morgan fingerprint density at radius 3 is 2.48 bits per heavy atom. The Kier molecular flexibility index (Phi) is 4.38. The number of rotatable bonds is 2. The number of benzene rings is 1. The smallest absolute Gasteiger partial charge is 0.371 e. The van der Waals surface area contributed by atoms with Gasteiger partial charge in [0.05, 0.1) is 13.2 Å². The van der Waals surface area contributed by atoms with Crippen LogP contribution in [0.4, 0.5) is 0 Å². The first-order chi connectivity index (χ1) is 10.1. The molecular formula is C13H13Cl2N2O3P. The van der Waals surface area contributed by atoms with Crippen molar-refractivity contribution in [3.63, 3.8) is 0 Å². The van der Waals surface area contributed by atoms with E-state index >= 15 is 0 Å². The van der Waals surface area contributed by atoms with E-state index in [2.05, 4.69) is 4.99 Å². The van der Waals surface area contributed by atoms with Gasteiger partial charge in [0, 0.05) is 18.7 Å². The van der Waals surface area contributed by atoms with Gasteiger partial charge in [-0.15, -0.1) is 0 Å². The van der Waals surface area contributed by atoms with Crippen molar-refractivity contribution in [3.8, 4) is 0 Å². The molecule has 0 radical (unpaired) electrons. The highest BCUT2D eigenvalue weighted by atomic mass is 35.5. The van der Waals surface area contributed by atoms with Gasteiger partial charge in [-0.05, 0) is 12.1 Å². The number of ether oxygens (including phenoxy) is 1. The van der Waals surface area contributed by atoms with E-state index in [0.29, 0.717) is 26.3 Å². The highest BCUT2D eigenvalue weighted by molar-refractivity contribution is 7.62. The van der Waals surface area contributed by atoms with Crippen molar-refractivity contribution in [2.24, 2.45) is 4.99 Å². The molecule has 0 amide bonds. The quantitative estimate of drug-likeness (QED) is 0.768. The van der Waals surface area contributed by atoms with Crippen molar-refractivity contribution in [3.05, 3.63) is 45.8 Å². The summed E-state index contributed by atoms with van der Waals surface area (Å²) in [5.74, 6) is 0.277. The van der Waals surface area contributed by atoms with E-state index in [1.807, 2.05) is 30.3 Å². The highest BCUT2D eigenvalue weighted by Crippen LogP contribution is 2.64. The molecule has 1 atom stereocenters. The SMILES string of the molecule is O=[P@]1(N2CCOCC2)OC(c2ccccc2)=NC1=C(Cl)Cl. The summed E-state index contributed by atoms with van der Waals surface area (Å²) in [6.07, 6.45) is 0. The summed E-state index contributed by atoms with van der Waals surface area (Å²) in [6.45, 7) is 1.95. The molecule has 5 nitrogen and oxygen atoms in total. The zero-order chi connectivity index (χ0) is 14.9. The summed E-state index contributed by atoms with van der Waals surface area (Å²) < 4.78 is 25.8. The molecule has 2 heterocycles. The van der Waals surface area contributed by atoms with Crippen LogP contribution in [0.3, 0.4) is 0 Å². The third-order valence-electron chi connectivity index (χ3n) is 3.23. The lowest BCUT2D eigenvalue weighted by Gasteiger charge is -2.30. The first-order valence-electron chi connectivity index (χ1n) is 6.44. The molecule has 8 heteroatoms. The molecule has 0 spiro atoms. The summed E-state index contributed by atoms with van der Waals surface area (Å²) >= 11 is 11.7. The van der Waals surface area contributed by atoms with Gasteiger partial charge in [0.15, 0.2) is 5.44 Å². The molecule has 1 saturated heterocycles. The van der Waals surface area contributed by atoms with E-state index in [-0.39, 0.29) is 15.8 Å². The van der Waals surface area contributed by atoms with Crippen molar-refractivity contribution >= 4 is 36.6 Å². The highest BCUT2D eigenvalue weighted by Gasteiger charge is 2.46. The minimum atomic E-state index is -3.37. The number of hydrogen-bond donors (Lipinski definition) is 0. The lowest BCUT2D eigenvalue weighted by Crippen LogP contribution is -2.34. The molecule has 1 fully saturated rings. The van der Waals surface area contributed by atoms with Crippen LogP contribution in [0.5, 0.6) is 0 Å². The average Bonchev–Trinajstić information content (AvgIpc) is 2.89. The maximum atomic E-state index is 13.2. The second-order valence-corrected chi connectivity index (χ2v) is 7.71. The van der Waals surface area contributed by atoms with Crippen LogP contribution >= 0.6 is 30.7 Å². The molecule has 0 saturated carbocycles. The molecule has 0 bridgehead atoms. The molecule has 1 aromatic carbocycles. The standard InChI is InChI=1S/C13H13Cl2N2O3P/c14-11(15)13-16-12(10-4-2-1-3-5-10)20-21(13,18)17-6-8-19-9-7-17/h1-5H,6-9H2/t21-/m0/s1. The third-order valence-corrected chi connectivity index (χ3v) is 6.28. The minimum absolute atomic E-state index is 0.103. The summed E-state index contributed by atoms with van der Waals surface area (Å²) in [7, 11) is -3.37. The van der Waals surface area contributed by atoms with Crippen LogP contribution in [0.1, 0.15) is 5.56 Å². The fourth-order valence-corrected chi connectivity index (χ4v) is 4.89. The van der Waals surface area contributed by atoms with Crippen LogP contribution < -0.4 is 0 Å². The molecule has 0 N–H and O–H groups in total. The Morgan fingerprint density at radius 1 is 1.19 bits per heavy atom. The topological polar surface area (TPSA) is 51.1 Å². The zero-order valence-corrected chi connectivity index (χ0v) is 13.4. The van der Waals surface area contributed by atoms with Gasteiger partial charge in [-0.25, -0.2) is 9.66 Å². The van der Waals surface area contributed by atoms with Crippen molar-refractivity contribution in [2.75, 3.05) is 26.3 Å². The molecule has 2 aliphatic heterocycles. The van der Waals surface area contributed by atoms with Gasteiger partial charge in [-0.2, -0.15) is 0 Å². The largest absolute Gasteiger partial charge is 0.409 e.